The molecule has 1 N–H and O–H groups in total. The molecule has 0 aromatic heterocycles. The van der Waals surface area contributed by atoms with Gasteiger partial charge >= 0.3 is 0 Å². The highest BCUT2D eigenvalue weighted by molar-refractivity contribution is 6.34. The van der Waals surface area contributed by atoms with Crippen LogP contribution in [0.3, 0.4) is 0 Å². The third kappa shape index (κ3) is 3.33. The first-order valence-electron chi connectivity index (χ1n) is 10.3. The van der Waals surface area contributed by atoms with Crippen LogP contribution in [-0.2, 0) is 4.79 Å². The van der Waals surface area contributed by atoms with Gasteiger partial charge in [-0.3, -0.25) is 19.2 Å². The molecule has 158 valence electrons. The molecule has 5 rings (SSSR count). The second-order valence-corrected chi connectivity index (χ2v) is 7.69. The Bertz CT molecular complexity index is 1230. The van der Waals surface area contributed by atoms with Crippen LogP contribution in [-0.4, -0.2) is 30.2 Å². The molecule has 7 heteroatoms. The van der Waals surface area contributed by atoms with E-state index < -0.39 is 0 Å². The molecule has 0 saturated carbocycles. The quantitative estimate of drug-likeness (QED) is 0.643. The second kappa shape index (κ2) is 7.77. The molecule has 7 nitrogen and oxygen atoms in total. The van der Waals surface area contributed by atoms with Gasteiger partial charge < -0.3 is 10.2 Å². The standard InChI is InChI=1S/C25H19N3O4/c29-22-9-4-14-27(22)18-12-10-16(11-13-18)23(30)26-17-5-3-6-19(15-17)28-24(31)20-7-1-2-8-21(20)25(28)32/h1-3,5-8,10-13,15H,4,9,14H2,(H,26,30). The van der Waals surface area contributed by atoms with Gasteiger partial charge in [0, 0.05) is 29.9 Å². The molecule has 32 heavy (non-hydrogen) atoms. The monoisotopic (exact) mass is 425 g/mol. The van der Waals surface area contributed by atoms with E-state index in [1.165, 1.54) is 0 Å². The molecule has 3 aromatic carbocycles. The first-order valence-corrected chi connectivity index (χ1v) is 10.3. The van der Waals surface area contributed by atoms with E-state index in [9.17, 15) is 19.2 Å². The van der Waals surface area contributed by atoms with Crippen molar-refractivity contribution < 1.29 is 19.2 Å². The lowest BCUT2D eigenvalue weighted by Gasteiger charge is -2.16. The second-order valence-electron chi connectivity index (χ2n) is 7.69. The molecule has 0 atom stereocenters. The fourth-order valence-corrected chi connectivity index (χ4v) is 4.06. The molecule has 1 fully saturated rings. The number of amides is 4. The molecule has 0 spiro atoms. The van der Waals surface area contributed by atoms with Crippen LogP contribution >= 0.6 is 0 Å². The average Bonchev–Trinajstić information content (AvgIpc) is 3.35. The van der Waals surface area contributed by atoms with Crippen molar-refractivity contribution in [2.24, 2.45) is 0 Å². The molecule has 0 aliphatic carbocycles. The molecular formula is C25H19N3O4. The summed E-state index contributed by atoms with van der Waals surface area (Å²) in [5, 5.41) is 2.80. The van der Waals surface area contributed by atoms with E-state index in [0.717, 1.165) is 17.0 Å². The normalized spacial score (nSPS) is 15.3. The number of carbonyl (C=O) groups is 4. The smallest absolute Gasteiger partial charge is 0.266 e. The maximum absolute atomic E-state index is 12.7. The van der Waals surface area contributed by atoms with Crippen LogP contribution in [0.5, 0.6) is 0 Å². The van der Waals surface area contributed by atoms with Crippen LogP contribution in [0, 0.1) is 0 Å². The Morgan fingerprint density at radius 2 is 1.47 bits per heavy atom. The van der Waals surface area contributed by atoms with E-state index in [4.69, 9.17) is 0 Å². The molecule has 0 radical (unpaired) electrons. The summed E-state index contributed by atoms with van der Waals surface area (Å²) < 4.78 is 0. The van der Waals surface area contributed by atoms with E-state index in [0.29, 0.717) is 41.0 Å². The van der Waals surface area contributed by atoms with Gasteiger partial charge in [0.2, 0.25) is 5.91 Å². The highest BCUT2D eigenvalue weighted by Crippen LogP contribution is 2.30. The highest BCUT2D eigenvalue weighted by Gasteiger charge is 2.36. The topological polar surface area (TPSA) is 86.8 Å². The number of hydrogen-bond donors (Lipinski definition) is 1. The molecule has 3 aromatic rings. The first-order chi connectivity index (χ1) is 15.5. The summed E-state index contributed by atoms with van der Waals surface area (Å²) in [6.45, 7) is 0.689. The van der Waals surface area contributed by atoms with Crippen LogP contribution in [0.15, 0.2) is 72.8 Å². The number of benzene rings is 3. The van der Waals surface area contributed by atoms with Crippen molar-refractivity contribution in [2.45, 2.75) is 12.8 Å². The molecule has 2 heterocycles. The maximum atomic E-state index is 12.7. The van der Waals surface area contributed by atoms with E-state index >= 15 is 0 Å². The summed E-state index contributed by atoms with van der Waals surface area (Å²) in [5.74, 6) is -1.02. The molecular weight excluding hydrogens is 406 g/mol. The number of rotatable bonds is 4. The predicted octanol–water partition coefficient (Wildman–Crippen LogP) is 3.87. The van der Waals surface area contributed by atoms with Crippen LogP contribution in [0.2, 0.25) is 0 Å². The molecule has 0 bridgehead atoms. The van der Waals surface area contributed by atoms with Gasteiger partial charge in [-0.25, -0.2) is 4.90 Å². The molecule has 1 saturated heterocycles. The Labute approximate surface area is 184 Å². The summed E-state index contributed by atoms with van der Waals surface area (Å²) in [7, 11) is 0. The van der Waals surface area contributed by atoms with Crippen molar-refractivity contribution in [2.75, 3.05) is 21.7 Å². The van der Waals surface area contributed by atoms with Crippen molar-refractivity contribution in [1.29, 1.82) is 0 Å². The lowest BCUT2D eigenvalue weighted by molar-refractivity contribution is -0.117. The summed E-state index contributed by atoms with van der Waals surface area (Å²) in [6, 6.07) is 20.2. The van der Waals surface area contributed by atoms with Crippen molar-refractivity contribution in [3.05, 3.63) is 89.5 Å². The Kier molecular flexibility index (Phi) is 4.78. The van der Waals surface area contributed by atoms with Gasteiger partial charge in [-0.1, -0.05) is 18.2 Å². The number of hydrogen-bond acceptors (Lipinski definition) is 4. The fourth-order valence-electron chi connectivity index (χ4n) is 4.06. The van der Waals surface area contributed by atoms with Gasteiger partial charge in [0.1, 0.15) is 0 Å². The summed E-state index contributed by atoms with van der Waals surface area (Å²) in [5.41, 5.74) is 2.79. The van der Waals surface area contributed by atoms with Crippen molar-refractivity contribution >= 4 is 40.7 Å². The van der Waals surface area contributed by atoms with E-state index in [-0.39, 0.29) is 23.6 Å². The number of carbonyl (C=O) groups excluding carboxylic acids is 4. The number of imide groups is 1. The van der Waals surface area contributed by atoms with Gasteiger partial charge in [0.25, 0.3) is 17.7 Å². The summed E-state index contributed by atoms with van der Waals surface area (Å²) in [4.78, 5) is 52.9. The lowest BCUT2D eigenvalue weighted by Crippen LogP contribution is -2.29. The maximum Gasteiger partial charge on any atom is 0.266 e. The van der Waals surface area contributed by atoms with Crippen LogP contribution in [0.4, 0.5) is 17.1 Å². The third-order valence-corrected chi connectivity index (χ3v) is 5.67. The van der Waals surface area contributed by atoms with Crippen LogP contribution in [0.1, 0.15) is 43.9 Å². The first kappa shape index (κ1) is 19.7. The molecule has 4 amide bonds. The zero-order valence-electron chi connectivity index (χ0n) is 17.1. The lowest BCUT2D eigenvalue weighted by atomic mass is 10.1. The Morgan fingerprint density at radius 1 is 0.781 bits per heavy atom. The summed E-state index contributed by atoms with van der Waals surface area (Å²) in [6.07, 6.45) is 1.39. The van der Waals surface area contributed by atoms with Crippen LogP contribution < -0.4 is 15.1 Å². The van der Waals surface area contributed by atoms with Crippen LogP contribution in [0.25, 0.3) is 0 Å². The molecule has 0 unspecified atom stereocenters. The van der Waals surface area contributed by atoms with Crippen molar-refractivity contribution in [1.82, 2.24) is 0 Å². The minimum atomic E-state index is -0.388. The summed E-state index contributed by atoms with van der Waals surface area (Å²) >= 11 is 0. The van der Waals surface area contributed by atoms with Gasteiger partial charge in [0.15, 0.2) is 0 Å². The van der Waals surface area contributed by atoms with Crippen molar-refractivity contribution in [3.8, 4) is 0 Å². The highest BCUT2D eigenvalue weighted by atomic mass is 16.2. The number of nitrogens with one attached hydrogen (secondary N) is 1. The van der Waals surface area contributed by atoms with Gasteiger partial charge in [0.05, 0.1) is 16.8 Å². The van der Waals surface area contributed by atoms with Crippen molar-refractivity contribution in [3.63, 3.8) is 0 Å². The largest absolute Gasteiger partial charge is 0.322 e. The van der Waals surface area contributed by atoms with Gasteiger partial charge in [-0.2, -0.15) is 0 Å². The SMILES string of the molecule is O=C(Nc1cccc(N2C(=O)c3ccccc3C2=O)c1)c1ccc(N2CCCC2=O)cc1. The Balaban J connectivity index is 1.33. The number of anilines is 3. The Morgan fingerprint density at radius 3 is 2.09 bits per heavy atom. The van der Waals surface area contributed by atoms with E-state index in [1.54, 1.807) is 77.7 Å². The van der Waals surface area contributed by atoms with E-state index in [1.807, 2.05) is 0 Å². The number of nitrogens with zero attached hydrogens (tertiary/aromatic N) is 2. The zero-order chi connectivity index (χ0) is 22.2. The van der Waals surface area contributed by atoms with Gasteiger partial charge in [-0.15, -0.1) is 0 Å². The minimum Gasteiger partial charge on any atom is -0.322 e. The molecule has 2 aliphatic heterocycles. The predicted molar refractivity (Wildman–Crippen MR) is 120 cm³/mol. The Hall–Kier alpha value is -4.26. The minimum absolute atomic E-state index is 0.0900. The van der Waals surface area contributed by atoms with E-state index in [2.05, 4.69) is 5.32 Å². The van der Waals surface area contributed by atoms with Gasteiger partial charge in [-0.05, 0) is 61.0 Å². The molecule has 2 aliphatic rings. The zero-order valence-corrected chi connectivity index (χ0v) is 17.1. The average molecular weight is 425 g/mol. The fraction of sp³-hybridized carbons (Fsp3) is 0.120. The number of fused-ring (bicyclic) bond motifs is 1. The third-order valence-electron chi connectivity index (χ3n) is 5.67.